The molecule has 1 unspecified atom stereocenters. The second kappa shape index (κ2) is 8.53. The maximum atomic E-state index is 13.4. The normalized spacial score (nSPS) is 16.0. The number of thioether (sulfide) groups is 1. The van der Waals surface area contributed by atoms with E-state index >= 15 is 0 Å². The first kappa shape index (κ1) is 20.5. The smallest absolute Gasteiger partial charge is 0.254 e. The molecule has 3 heterocycles. The van der Waals surface area contributed by atoms with Crippen molar-refractivity contribution in [1.29, 1.82) is 0 Å². The number of hydrazone groups is 1. The lowest BCUT2D eigenvalue weighted by Gasteiger charge is -2.22. The summed E-state index contributed by atoms with van der Waals surface area (Å²) < 4.78 is 13.4. The third-order valence-electron chi connectivity index (χ3n) is 4.93. The van der Waals surface area contributed by atoms with Gasteiger partial charge in [-0.25, -0.2) is 14.4 Å². The summed E-state index contributed by atoms with van der Waals surface area (Å²) in [7, 11) is 0. The van der Waals surface area contributed by atoms with E-state index in [1.165, 1.54) is 28.9 Å². The van der Waals surface area contributed by atoms with E-state index in [2.05, 4.69) is 15.1 Å². The maximum absolute atomic E-state index is 13.4. The molecule has 1 N–H and O–H groups in total. The fourth-order valence-corrected chi connectivity index (χ4v) is 4.64. The van der Waals surface area contributed by atoms with Crippen molar-refractivity contribution in [3.63, 3.8) is 0 Å². The Balaban J connectivity index is 1.57. The fourth-order valence-electron chi connectivity index (χ4n) is 3.16. The lowest BCUT2D eigenvalue weighted by atomic mass is 10.0. The number of benzene rings is 1. The van der Waals surface area contributed by atoms with E-state index in [0.717, 1.165) is 16.2 Å². The van der Waals surface area contributed by atoms with Crippen molar-refractivity contribution in [2.24, 2.45) is 5.10 Å². The van der Waals surface area contributed by atoms with E-state index in [-0.39, 0.29) is 29.1 Å². The van der Waals surface area contributed by atoms with Gasteiger partial charge in [-0.05, 0) is 43.0 Å². The number of halogens is 1. The highest BCUT2D eigenvalue weighted by atomic mass is 32.2. The van der Waals surface area contributed by atoms with Crippen molar-refractivity contribution in [2.45, 2.75) is 31.5 Å². The number of aromatic nitrogens is 2. The number of carbonyl (C=O) groups is 1. The van der Waals surface area contributed by atoms with Crippen molar-refractivity contribution >= 4 is 34.7 Å². The van der Waals surface area contributed by atoms with Gasteiger partial charge < -0.3 is 4.98 Å². The number of H-pyrrole nitrogens is 1. The SMILES string of the molecule is Cc1nc(SCC(=O)N2N=C(c3cccs3)CC2c2ccc(F)cc2)[nH]c(=O)c1C. The van der Waals surface area contributed by atoms with Crippen LogP contribution in [0.15, 0.2) is 56.8 Å². The number of nitrogens with zero attached hydrogens (tertiary/aromatic N) is 3. The summed E-state index contributed by atoms with van der Waals surface area (Å²) >= 11 is 2.73. The highest BCUT2D eigenvalue weighted by Gasteiger charge is 2.33. The number of carbonyl (C=O) groups excluding carboxylic acids is 1. The Morgan fingerprint density at radius 3 is 2.73 bits per heavy atom. The minimum atomic E-state index is -0.325. The Labute approximate surface area is 180 Å². The van der Waals surface area contributed by atoms with Crippen molar-refractivity contribution < 1.29 is 9.18 Å². The lowest BCUT2D eigenvalue weighted by molar-refractivity contribution is -0.130. The van der Waals surface area contributed by atoms with E-state index in [0.29, 0.717) is 22.8 Å². The van der Waals surface area contributed by atoms with Gasteiger partial charge in [0.05, 0.1) is 22.4 Å². The summed E-state index contributed by atoms with van der Waals surface area (Å²) in [6.45, 7) is 3.47. The van der Waals surface area contributed by atoms with Gasteiger partial charge in [-0.1, -0.05) is 30.0 Å². The first-order valence-corrected chi connectivity index (χ1v) is 11.2. The van der Waals surface area contributed by atoms with E-state index in [1.54, 1.807) is 37.3 Å². The second-order valence-electron chi connectivity index (χ2n) is 6.90. The number of rotatable bonds is 5. The van der Waals surface area contributed by atoms with Gasteiger partial charge in [0.1, 0.15) is 5.82 Å². The number of hydrogen-bond donors (Lipinski definition) is 1. The van der Waals surface area contributed by atoms with E-state index in [4.69, 9.17) is 0 Å². The highest BCUT2D eigenvalue weighted by Crippen LogP contribution is 2.34. The van der Waals surface area contributed by atoms with E-state index in [1.807, 2.05) is 17.5 Å². The van der Waals surface area contributed by atoms with Crippen LogP contribution in [-0.4, -0.2) is 32.3 Å². The second-order valence-corrected chi connectivity index (χ2v) is 8.82. The number of hydrogen-bond acceptors (Lipinski definition) is 6. The zero-order valence-electron chi connectivity index (χ0n) is 16.4. The minimum Gasteiger partial charge on any atom is -0.301 e. The van der Waals surface area contributed by atoms with Crippen LogP contribution >= 0.6 is 23.1 Å². The third kappa shape index (κ3) is 4.22. The zero-order valence-corrected chi connectivity index (χ0v) is 18.0. The Morgan fingerprint density at radius 2 is 2.07 bits per heavy atom. The molecule has 2 aromatic heterocycles. The Hall–Kier alpha value is -2.78. The fraction of sp³-hybridized carbons (Fsp3) is 0.238. The van der Waals surface area contributed by atoms with Crippen LogP contribution in [0.5, 0.6) is 0 Å². The predicted molar refractivity (Wildman–Crippen MR) is 117 cm³/mol. The summed E-state index contributed by atoms with van der Waals surface area (Å²) in [6, 6.07) is 9.75. The molecule has 9 heteroatoms. The van der Waals surface area contributed by atoms with Crippen LogP contribution in [0.1, 0.15) is 34.2 Å². The molecule has 1 amide bonds. The topological polar surface area (TPSA) is 78.4 Å². The molecule has 0 saturated heterocycles. The van der Waals surface area contributed by atoms with Gasteiger partial charge in [0.2, 0.25) is 0 Å². The van der Waals surface area contributed by atoms with Crippen LogP contribution in [0.2, 0.25) is 0 Å². The summed E-state index contributed by atoms with van der Waals surface area (Å²) in [5.41, 5.74) is 2.64. The molecule has 1 aliphatic heterocycles. The van der Waals surface area contributed by atoms with Crippen molar-refractivity contribution in [2.75, 3.05) is 5.75 Å². The molecule has 0 spiro atoms. The molecule has 0 bridgehead atoms. The summed E-state index contributed by atoms with van der Waals surface area (Å²) in [5.74, 6) is -0.458. The quantitative estimate of drug-likeness (QED) is 0.478. The first-order chi connectivity index (χ1) is 14.4. The molecule has 154 valence electrons. The van der Waals surface area contributed by atoms with Gasteiger partial charge in [0.25, 0.3) is 11.5 Å². The number of thiophene rings is 1. The molecule has 1 atom stereocenters. The molecule has 6 nitrogen and oxygen atoms in total. The van der Waals surface area contributed by atoms with Crippen LogP contribution in [0.25, 0.3) is 0 Å². The average Bonchev–Trinajstić information content (AvgIpc) is 3.40. The number of aryl methyl sites for hydroxylation is 1. The Bertz CT molecular complexity index is 1160. The average molecular weight is 443 g/mol. The number of nitrogens with one attached hydrogen (secondary N) is 1. The van der Waals surface area contributed by atoms with Crippen LogP contribution in [-0.2, 0) is 4.79 Å². The number of aromatic amines is 1. The molecule has 0 fully saturated rings. The summed E-state index contributed by atoms with van der Waals surface area (Å²) in [6.07, 6.45) is 0.557. The molecule has 1 aliphatic rings. The Kier molecular flexibility index (Phi) is 5.83. The molecule has 4 rings (SSSR count). The van der Waals surface area contributed by atoms with Crippen molar-refractivity contribution in [1.82, 2.24) is 15.0 Å². The van der Waals surface area contributed by atoms with Gasteiger partial charge in [-0.15, -0.1) is 11.3 Å². The van der Waals surface area contributed by atoms with Crippen molar-refractivity contribution in [3.8, 4) is 0 Å². The molecular formula is C21H19FN4O2S2. The molecular weight excluding hydrogens is 423 g/mol. The van der Waals surface area contributed by atoms with E-state index < -0.39 is 0 Å². The largest absolute Gasteiger partial charge is 0.301 e. The molecule has 1 aromatic carbocycles. The monoisotopic (exact) mass is 442 g/mol. The van der Waals surface area contributed by atoms with Crippen LogP contribution in [0.3, 0.4) is 0 Å². The minimum absolute atomic E-state index is 0.0738. The molecule has 0 radical (unpaired) electrons. The predicted octanol–water partition coefficient (Wildman–Crippen LogP) is 4.06. The highest BCUT2D eigenvalue weighted by molar-refractivity contribution is 7.99. The Morgan fingerprint density at radius 1 is 1.30 bits per heavy atom. The van der Waals surface area contributed by atoms with Crippen molar-refractivity contribution in [3.05, 3.63) is 79.6 Å². The standard InChI is InChI=1S/C21H19FN4O2S2/c1-12-13(2)23-21(24-20(12)28)30-11-19(27)26-17(14-5-7-15(22)8-6-14)10-16(25-26)18-4-3-9-29-18/h3-9,17H,10-11H2,1-2H3,(H,23,24,28). The van der Waals surface area contributed by atoms with Gasteiger partial charge >= 0.3 is 0 Å². The van der Waals surface area contributed by atoms with Crippen LogP contribution < -0.4 is 5.56 Å². The zero-order chi connectivity index (χ0) is 21.3. The molecule has 30 heavy (non-hydrogen) atoms. The van der Waals surface area contributed by atoms with Crippen LogP contribution in [0.4, 0.5) is 4.39 Å². The third-order valence-corrected chi connectivity index (χ3v) is 6.71. The summed E-state index contributed by atoms with van der Waals surface area (Å²) in [4.78, 5) is 33.0. The molecule has 0 saturated carbocycles. The van der Waals surface area contributed by atoms with Gasteiger partial charge in [0.15, 0.2) is 5.16 Å². The van der Waals surface area contributed by atoms with E-state index in [9.17, 15) is 14.0 Å². The van der Waals surface area contributed by atoms with Gasteiger partial charge in [0, 0.05) is 17.7 Å². The maximum Gasteiger partial charge on any atom is 0.254 e. The number of amides is 1. The first-order valence-electron chi connectivity index (χ1n) is 9.31. The van der Waals surface area contributed by atoms with Gasteiger partial charge in [-0.2, -0.15) is 5.10 Å². The lowest BCUT2D eigenvalue weighted by Crippen LogP contribution is -2.28. The molecule has 3 aromatic rings. The van der Waals surface area contributed by atoms with Gasteiger partial charge in [-0.3, -0.25) is 9.59 Å². The summed E-state index contributed by atoms with van der Waals surface area (Å²) in [5, 5.41) is 8.41. The molecule has 0 aliphatic carbocycles. The van der Waals surface area contributed by atoms with Crippen LogP contribution in [0, 0.1) is 19.7 Å².